The van der Waals surface area contributed by atoms with E-state index in [1.54, 1.807) is 36.4 Å². The van der Waals surface area contributed by atoms with E-state index in [0.29, 0.717) is 83.4 Å². The van der Waals surface area contributed by atoms with Crippen LogP contribution in [0.1, 0.15) is 106 Å². The van der Waals surface area contributed by atoms with Gasteiger partial charge in [0.05, 0.1) is 42.0 Å². The average molecular weight is 1570 g/mol. The minimum absolute atomic E-state index is 0.0333. The van der Waals surface area contributed by atoms with E-state index in [0.717, 1.165) is 11.3 Å². The van der Waals surface area contributed by atoms with Crippen LogP contribution < -0.4 is 91.3 Å². The van der Waals surface area contributed by atoms with Crippen LogP contribution in [0.2, 0.25) is 0 Å². The highest BCUT2D eigenvalue weighted by molar-refractivity contribution is 7.80. The summed E-state index contributed by atoms with van der Waals surface area (Å²) >= 11 is 5.63. The minimum atomic E-state index is -1.42. The number of carboxylic acids is 1. The lowest BCUT2D eigenvalue weighted by Crippen LogP contribution is -2.59. The highest BCUT2D eigenvalue weighted by Gasteiger charge is 2.34. The molecule has 0 radical (unpaired) electrons. The van der Waals surface area contributed by atoms with Crippen molar-refractivity contribution < 1.29 is 62.6 Å². The third kappa shape index (κ3) is 27.2. The van der Waals surface area contributed by atoms with Crippen molar-refractivity contribution in [2.75, 3.05) is 57.0 Å². The van der Waals surface area contributed by atoms with Crippen LogP contribution in [0.15, 0.2) is 135 Å². The van der Waals surface area contributed by atoms with Crippen molar-refractivity contribution in [2.24, 2.45) is 33.3 Å². The van der Waals surface area contributed by atoms with E-state index in [-0.39, 0.29) is 128 Å². The number of benzene rings is 5. The number of phenols is 1. The summed E-state index contributed by atoms with van der Waals surface area (Å²) in [6.07, 6.45) is 5.86. The number of aromatic hydroxyl groups is 1. The molecule has 1 fully saturated rings. The Morgan fingerprint density at radius 1 is 0.646 bits per heavy atom. The first-order valence-electron chi connectivity index (χ1n) is 36.7. The molecule has 2 heterocycles. The molecular formula is C76H96N22O14S. The number of unbranched alkanes of at least 4 members (excludes halogenated alkanes) is 1. The molecule has 1 saturated carbocycles. The Hall–Kier alpha value is -13.1. The molecule has 5 atom stereocenters. The predicted octanol–water partition coefficient (Wildman–Crippen LogP) is 2.87. The number of carbonyl (C=O) groups is 10. The van der Waals surface area contributed by atoms with Crippen LogP contribution >= 0.6 is 12.2 Å². The third-order valence-corrected chi connectivity index (χ3v) is 18.7. The number of hydrogen-bond acceptors (Lipinski definition) is 20. The quantitative estimate of drug-likeness (QED) is 0.00655. The number of H-pyrrole nitrogens is 1. The van der Waals surface area contributed by atoms with E-state index in [1.165, 1.54) is 49.8 Å². The Morgan fingerprint density at radius 2 is 1.24 bits per heavy atom. The maximum Gasteiger partial charge on any atom is 0.336 e. The maximum absolute atomic E-state index is 14.6. The Balaban J connectivity index is 0.834. The standard InChI is InChI=1S/C76H96N22O14S/c1-42(89-65(103)40-86-64(102)39-87-69(106)44-14-18-45(19-15-44)90-76(113)91-48-22-27-53(56(34-48)73(110)111)66-54-28-25-51(99)36-61(54)112-62-37-52(100)26-29-55(62)66)68(105)93-58(8-4-5-31-83-63(101)30-13-43-11-16-46(17-12-43)96-97-47-20-23-50(24-21-47)98(2)3)70(107)94-59(10-7-33-85-75(80)81)71(108)95-60(35-49-38-82-41-88-49)72(109)92-57(67(77)104)9-6-32-84-74(78)79/h11-12,16-17,20-29,34,36-38,41-42,44-45,57-60,99H,4-10,13-15,18-19,30-33,35,39-40H2,1-3H3,(H2,77,104)(H,82,88)(H,83,101)(H,86,102)(H,87,106)(H,89,103)(H,92,109)(H,93,105)(H,94,107)(H,95,108)(H,110,111)(H4,78,79,84)(H4,80,81,85)(H2,90,91,113)/t42-,44?,45?,57-,58-,59-,60-/m0/s1. The molecule has 600 valence electrons. The molecule has 0 unspecified atom stereocenters. The SMILES string of the molecule is C[C@H](NC(=O)CNC(=O)CNC(=O)C1CCC(NC(=S)Nc2ccc(-c3c4ccc(=O)cc-4oc4cc(O)ccc34)c(C(=O)O)c2)CC1)C(=O)N[C@@H](CCCCNC(=O)CCc1ccc(N=Nc2ccc(N(C)C)cc2)cc1)C(=O)N[C@@H](CCCNC(=N)N)C(=O)N[C@@H](Cc1c[nH]cn1)C(=O)N[C@@H](CCCNC(=N)N)C(N)=O. The summed E-state index contributed by atoms with van der Waals surface area (Å²) in [5.41, 5.74) is 21.6. The molecule has 4 aromatic carbocycles. The lowest BCUT2D eigenvalue weighted by molar-refractivity contribution is -0.135. The van der Waals surface area contributed by atoms with Gasteiger partial charge < -0.3 is 106 Å². The highest BCUT2D eigenvalue weighted by Crippen LogP contribution is 2.42. The number of nitrogens with zero attached hydrogens (tertiary/aromatic N) is 4. The van der Waals surface area contributed by atoms with Crippen LogP contribution in [-0.2, 0) is 56.0 Å². The number of imidazole rings is 1. The summed E-state index contributed by atoms with van der Waals surface area (Å²) in [4.78, 5) is 156. The number of carboxylic acid groups (broad SMARTS) is 1. The van der Waals surface area contributed by atoms with Gasteiger partial charge >= 0.3 is 5.97 Å². The van der Waals surface area contributed by atoms with Crippen LogP contribution in [0.25, 0.3) is 33.4 Å². The topological polar surface area (TPSA) is 568 Å². The number of fused-ring (bicyclic) bond motifs is 2. The molecule has 5 aromatic rings. The van der Waals surface area contributed by atoms with Gasteiger partial charge in [0.15, 0.2) is 22.5 Å². The summed E-state index contributed by atoms with van der Waals surface area (Å²) in [7, 11) is 3.89. The fraction of sp³-hybridized carbons (Fsp3) is 0.382. The number of azo groups is 1. The van der Waals surface area contributed by atoms with E-state index in [4.69, 9.17) is 44.7 Å². The molecule has 8 rings (SSSR count). The Bertz CT molecular complexity index is 4610. The number of anilines is 2. The molecule has 1 aromatic heterocycles. The number of aromatic carboxylic acids is 1. The van der Waals surface area contributed by atoms with Crippen molar-refractivity contribution in [1.82, 2.24) is 68.5 Å². The van der Waals surface area contributed by atoms with E-state index < -0.39 is 102 Å². The summed E-state index contributed by atoms with van der Waals surface area (Å²) in [5, 5.41) is 77.5. The number of primary amides is 1. The molecule has 0 saturated heterocycles. The molecular weight excluding hydrogens is 1480 g/mol. The van der Waals surface area contributed by atoms with E-state index in [9.17, 15) is 63.0 Å². The summed E-state index contributed by atoms with van der Waals surface area (Å²) in [6.45, 7) is 0.664. The number of nitrogens with one attached hydrogen (secondary N) is 15. The number of aromatic nitrogens is 2. The van der Waals surface area contributed by atoms with Crippen LogP contribution in [0.4, 0.5) is 22.7 Å². The number of thiocarbonyl (C=S) groups is 1. The van der Waals surface area contributed by atoms with Crippen LogP contribution in [0.5, 0.6) is 5.75 Å². The Kier molecular flexibility index (Phi) is 31.9. The number of rotatable bonds is 40. The lowest BCUT2D eigenvalue weighted by Gasteiger charge is -2.29. The first-order chi connectivity index (χ1) is 54.0. The van der Waals surface area contributed by atoms with Gasteiger partial charge in [0.2, 0.25) is 53.2 Å². The van der Waals surface area contributed by atoms with Crippen LogP contribution in [0, 0.1) is 16.7 Å². The number of amides is 9. The average Bonchev–Trinajstić information content (AvgIpc) is 1.33. The molecule has 23 N–H and O–H groups in total. The molecule has 36 nitrogen and oxygen atoms in total. The third-order valence-electron chi connectivity index (χ3n) is 18.5. The normalized spacial score (nSPS) is 14.5. The Morgan fingerprint density at radius 3 is 1.87 bits per heavy atom. The number of aromatic amines is 1. The van der Waals surface area contributed by atoms with Crippen molar-refractivity contribution in [3.05, 3.63) is 143 Å². The van der Waals surface area contributed by atoms with E-state index in [1.807, 2.05) is 55.4 Å². The summed E-state index contributed by atoms with van der Waals surface area (Å²) < 4.78 is 5.94. The van der Waals surface area contributed by atoms with Gasteiger partial charge in [-0.1, -0.05) is 18.2 Å². The van der Waals surface area contributed by atoms with Crippen molar-refractivity contribution in [1.29, 1.82) is 10.8 Å². The molecule has 1 aliphatic heterocycles. The second-order valence-corrected chi connectivity index (χ2v) is 27.7. The Labute approximate surface area is 655 Å². The fourth-order valence-corrected chi connectivity index (χ4v) is 12.7. The zero-order chi connectivity index (χ0) is 81.7. The maximum atomic E-state index is 14.6. The first kappa shape index (κ1) is 85.5. The van der Waals surface area contributed by atoms with E-state index >= 15 is 0 Å². The molecule has 3 aliphatic rings. The van der Waals surface area contributed by atoms with Gasteiger partial charge in [0, 0.05) is 105 Å². The molecule has 0 spiro atoms. The van der Waals surface area contributed by atoms with Crippen LogP contribution in [-0.4, -0.2) is 179 Å². The number of guanidine groups is 2. The van der Waals surface area contributed by atoms with Crippen molar-refractivity contribution in [2.45, 2.75) is 133 Å². The second-order valence-electron chi connectivity index (χ2n) is 27.3. The van der Waals surface area contributed by atoms with Gasteiger partial charge in [-0.25, -0.2) is 9.78 Å². The monoisotopic (exact) mass is 1570 g/mol. The van der Waals surface area contributed by atoms with E-state index in [2.05, 4.69) is 84.0 Å². The second kappa shape index (κ2) is 42.2. The smallest absolute Gasteiger partial charge is 0.336 e. The fourth-order valence-electron chi connectivity index (χ4n) is 12.5. The molecule has 0 bridgehead atoms. The number of carbonyl (C=O) groups excluding carboxylic acids is 9. The van der Waals surface area contributed by atoms with Crippen molar-refractivity contribution in [3.63, 3.8) is 0 Å². The number of nitrogens with two attached hydrogens (primary N) is 3. The number of hydrogen-bond donors (Lipinski definition) is 20. The lowest BCUT2D eigenvalue weighted by atomic mass is 9.85. The number of aryl methyl sites for hydroxylation is 1. The zero-order valence-electron chi connectivity index (χ0n) is 62.7. The molecule has 9 amide bonds. The minimum Gasteiger partial charge on any atom is -0.508 e. The summed E-state index contributed by atoms with van der Waals surface area (Å²) in [6, 6.07) is 21.3. The zero-order valence-corrected chi connectivity index (χ0v) is 63.5. The predicted molar refractivity (Wildman–Crippen MR) is 426 cm³/mol. The van der Waals surface area contributed by atoms with Crippen molar-refractivity contribution >= 4 is 122 Å². The highest BCUT2D eigenvalue weighted by atomic mass is 32.1. The summed E-state index contributed by atoms with van der Waals surface area (Å²) in [5.74, 6) is -8.73. The largest absolute Gasteiger partial charge is 0.508 e. The van der Waals surface area contributed by atoms with Gasteiger partial charge in [0.1, 0.15) is 47.3 Å². The number of phenolic OH excluding ortho intramolecular Hbond substituents is 1. The van der Waals surface area contributed by atoms with Gasteiger partial charge in [-0.2, -0.15) is 10.2 Å². The van der Waals surface area contributed by atoms with Gasteiger partial charge in [-0.3, -0.25) is 58.8 Å². The van der Waals surface area contributed by atoms with Gasteiger partial charge in [0.25, 0.3) is 0 Å². The molecule has 2 aliphatic carbocycles. The molecule has 113 heavy (non-hydrogen) atoms. The first-order valence-corrected chi connectivity index (χ1v) is 37.1. The molecule has 37 heteroatoms. The van der Waals surface area contributed by atoms with Gasteiger partial charge in [-0.15, -0.1) is 0 Å². The van der Waals surface area contributed by atoms with Gasteiger partial charge in [-0.05, 0) is 180 Å². The van der Waals surface area contributed by atoms with Crippen LogP contribution in [0.3, 0.4) is 0 Å². The van der Waals surface area contributed by atoms with Crippen molar-refractivity contribution in [3.8, 4) is 28.2 Å².